The number of carbonyl (C=O) groups excluding carboxylic acids is 2. The Kier molecular flexibility index (Phi) is 6.59. The van der Waals surface area contributed by atoms with E-state index in [1.165, 1.54) is 9.58 Å². The van der Waals surface area contributed by atoms with Crippen molar-refractivity contribution in [2.45, 2.75) is 39.2 Å². The first-order valence-electron chi connectivity index (χ1n) is 11.8. The second-order valence-corrected chi connectivity index (χ2v) is 9.74. The average molecular weight is 528 g/mol. The molecule has 2 aromatic heterocycles. The summed E-state index contributed by atoms with van der Waals surface area (Å²) in [6.07, 6.45) is 5.35. The van der Waals surface area contributed by atoms with Gasteiger partial charge in [0.1, 0.15) is 5.57 Å². The van der Waals surface area contributed by atoms with Gasteiger partial charge in [-0.1, -0.05) is 30.1 Å². The van der Waals surface area contributed by atoms with Crippen LogP contribution in [0.1, 0.15) is 36.6 Å². The number of aromatic nitrogens is 3. The molecule has 1 saturated heterocycles. The highest BCUT2D eigenvalue weighted by atomic mass is 35.5. The monoisotopic (exact) mass is 527 g/mol. The summed E-state index contributed by atoms with van der Waals surface area (Å²) in [6, 6.07) is 8.52. The summed E-state index contributed by atoms with van der Waals surface area (Å²) in [5, 5.41) is 3.75. The normalized spacial score (nSPS) is 18.1. The van der Waals surface area contributed by atoms with E-state index < -0.39 is 17.4 Å². The molecular formula is C26H25Cl2N4O4+. The minimum absolute atomic E-state index is 0.0745. The number of hydrogen-bond donors (Lipinski definition) is 1. The van der Waals surface area contributed by atoms with Crippen LogP contribution >= 0.6 is 23.2 Å². The Labute approximate surface area is 217 Å². The third kappa shape index (κ3) is 4.19. The average Bonchev–Trinajstić information content (AvgIpc) is 3.54. The van der Waals surface area contributed by atoms with Crippen molar-refractivity contribution in [2.24, 2.45) is 0 Å². The Bertz CT molecular complexity index is 1470. The van der Waals surface area contributed by atoms with Crippen molar-refractivity contribution in [1.82, 2.24) is 14.7 Å². The van der Waals surface area contributed by atoms with E-state index in [2.05, 4.69) is 5.10 Å². The number of aryl methyl sites for hydroxylation is 2. The number of amides is 2. The largest absolute Gasteiger partial charge is 0.376 e. The van der Waals surface area contributed by atoms with E-state index in [1.54, 1.807) is 41.2 Å². The number of rotatable bonds is 6. The molecule has 0 aliphatic carbocycles. The molecular weight excluding hydrogens is 503 g/mol. The number of H-pyrrole nitrogens is 1. The lowest BCUT2D eigenvalue weighted by Crippen LogP contribution is -2.42. The van der Waals surface area contributed by atoms with Crippen molar-refractivity contribution in [3.8, 4) is 5.69 Å². The topological polar surface area (TPSA) is 88.3 Å². The van der Waals surface area contributed by atoms with Crippen LogP contribution in [0.5, 0.6) is 0 Å². The maximum Gasteiger partial charge on any atom is 0.327 e. The summed E-state index contributed by atoms with van der Waals surface area (Å²) in [7, 11) is 0. The van der Waals surface area contributed by atoms with Gasteiger partial charge in [0.25, 0.3) is 17.2 Å². The molecule has 5 rings (SSSR count). The first-order valence-corrected chi connectivity index (χ1v) is 12.6. The number of benzene rings is 1. The third-order valence-electron chi connectivity index (χ3n) is 6.49. The van der Waals surface area contributed by atoms with Crippen molar-refractivity contribution in [1.29, 1.82) is 0 Å². The van der Waals surface area contributed by atoms with Crippen LogP contribution in [0.25, 0.3) is 17.0 Å². The zero-order valence-corrected chi connectivity index (χ0v) is 21.4. The number of ether oxygens (including phenoxy) is 1. The van der Waals surface area contributed by atoms with Gasteiger partial charge in [-0.3, -0.25) is 24.4 Å². The van der Waals surface area contributed by atoms with Gasteiger partial charge in [0.15, 0.2) is 12.4 Å². The fourth-order valence-corrected chi connectivity index (χ4v) is 5.01. The van der Waals surface area contributed by atoms with E-state index in [0.29, 0.717) is 34.5 Å². The SMILES string of the molecule is CCc1[nH]n(-c2ccc(Cl)c(Cl)c2)c(=O)c1C1=C([n+]2cccc(C)c2)C(=O)N(C[C@@H]2CCCO2)C1=O. The Hall–Kier alpha value is -3.20. The lowest BCUT2D eigenvalue weighted by molar-refractivity contribution is -0.577. The maximum atomic E-state index is 13.8. The van der Waals surface area contributed by atoms with E-state index in [-0.39, 0.29) is 29.5 Å². The summed E-state index contributed by atoms with van der Waals surface area (Å²) in [6.45, 7) is 4.52. The van der Waals surface area contributed by atoms with Crippen LogP contribution in [0.15, 0.2) is 47.5 Å². The van der Waals surface area contributed by atoms with Crippen molar-refractivity contribution in [2.75, 3.05) is 13.2 Å². The van der Waals surface area contributed by atoms with Crippen LogP contribution < -0.4 is 10.1 Å². The number of imide groups is 1. The van der Waals surface area contributed by atoms with Gasteiger partial charge in [-0.15, -0.1) is 0 Å². The van der Waals surface area contributed by atoms with Crippen LogP contribution in [0.4, 0.5) is 0 Å². The molecule has 1 aromatic carbocycles. The number of pyridine rings is 1. The lowest BCUT2D eigenvalue weighted by atomic mass is 10.0. The van der Waals surface area contributed by atoms with Gasteiger partial charge < -0.3 is 4.74 Å². The van der Waals surface area contributed by atoms with Crippen molar-refractivity contribution in [3.63, 3.8) is 0 Å². The van der Waals surface area contributed by atoms with Crippen molar-refractivity contribution < 1.29 is 18.9 Å². The summed E-state index contributed by atoms with van der Waals surface area (Å²) < 4.78 is 8.64. The molecule has 1 fully saturated rings. The first-order chi connectivity index (χ1) is 17.3. The highest BCUT2D eigenvalue weighted by Crippen LogP contribution is 2.32. The maximum absolute atomic E-state index is 13.8. The molecule has 36 heavy (non-hydrogen) atoms. The zero-order chi connectivity index (χ0) is 25.6. The predicted molar refractivity (Wildman–Crippen MR) is 136 cm³/mol. The van der Waals surface area contributed by atoms with Gasteiger partial charge in [0.2, 0.25) is 0 Å². The fourth-order valence-electron chi connectivity index (χ4n) is 4.72. The quantitative estimate of drug-likeness (QED) is 0.392. The second-order valence-electron chi connectivity index (χ2n) is 8.93. The van der Waals surface area contributed by atoms with E-state index in [1.807, 2.05) is 19.9 Å². The second kappa shape index (κ2) is 9.69. The highest BCUT2D eigenvalue weighted by Gasteiger charge is 2.48. The van der Waals surface area contributed by atoms with Crippen LogP contribution in [0.2, 0.25) is 10.0 Å². The van der Waals surface area contributed by atoms with Crippen LogP contribution in [-0.4, -0.2) is 45.8 Å². The number of carbonyl (C=O) groups is 2. The van der Waals surface area contributed by atoms with Gasteiger partial charge in [-0.05, 0) is 50.5 Å². The molecule has 2 amide bonds. The Morgan fingerprint density at radius 3 is 2.61 bits per heavy atom. The van der Waals surface area contributed by atoms with Crippen LogP contribution in [0, 0.1) is 6.92 Å². The molecule has 0 spiro atoms. The summed E-state index contributed by atoms with van der Waals surface area (Å²) in [5.41, 5.74) is 1.84. The van der Waals surface area contributed by atoms with Gasteiger partial charge in [-0.2, -0.15) is 4.57 Å². The standard InChI is InChI=1S/C26H24Cl2N4O4/c1-3-20-21(25(34)32(29-20)16-8-9-18(27)19(28)12-16)22-23(30-10-4-6-15(2)13-30)26(35)31(24(22)33)14-17-7-5-11-36-17/h4,6,8-10,12-13,17H,3,5,7,11,14H2,1-2H3/p+1/t17-/m0/s1. The third-order valence-corrected chi connectivity index (χ3v) is 7.23. The highest BCUT2D eigenvalue weighted by molar-refractivity contribution is 6.44. The minimum Gasteiger partial charge on any atom is -0.376 e. The fraction of sp³-hybridized carbons (Fsp3) is 0.308. The predicted octanol–water partition coefficient (Wildman–Crippen LogP) is 3.55. The minimum atomic E-state index is -0.508. The lowest BCUT2D eigenvalue weighted by Gasteiger charge is -2.18. The number of nitrogens with zero attached hydrogens (tertiary/aromatic N) is 3. The number of hydrogen-bond acceptors (Lipinski definition) is 4. The van der Waals surface area contributed by atoms with Gasteiger partial charge in [0.05, 0.1) is 33.9 Å². The van der Waals surface area contributed by atoms with Gasteiger partial charge in [0, 0.05) is 23.9 Å². The van der Waals surface area contributed by atoms with Crippen LogP contribution in [-0.2, 0) is 20.7 Å². The van der Waals surface area contributed by atoms with E-state index in [4.69, 9.17) is 27.9 Å². The van der Waals surface area contributed by atoms with Crippen LogP contribution in [0.3, 0.4) is 0 Å². The smallest absolute Gasteiger partial charge is 0.327 e. The molecule has 0 unspecified atom stereocenters. The molecule has 0 bridgehead atoms. The summed E-state index contributed by atoms with van der Waals surface area (Å²) >= 11 is 12.3. The number of halogens is 2. The molecule has 10 heteroatoms. The molecule has 186 valence electrons. The van der Waals surface area contributed by atoms with Gasteiger partial charge >= 0.3 is 5.91 Å². The molecule has 8 nitrogen and oxygen atoms in total. The molecule has 3 aromatic rings. The molecule has 0 radical (unpaired) electrons. The Morgan fingerprint density at radius 2 is 1.94 bits per heavy atom. The van der Waals surface area contributed by atoms with Crippen molar-refractivity contribution in [3.05, 3.63) is 79.9 Å². The molecule has 1 N–H and O–H groups in total. The first kappa shape index (κ1) is 24.5. The van der Waals surface area contributed by atoms with E-state index >= 15 is 0 Å². The van der Waals surface area contributed by atoms with Gasteiger partial charge in [-0.25, -0.2) is 4.68 Å². The summed E-state index contributed by atoms with van der Waals surface area (Å²) in [4.78, 5) is 42.5. The number of nitrogens with one attached hydrogen (secondary N) is 1. The molecule has 2 aliphatic rings. The van der Waals surface area contributed by atoms with E-state index in [0.717, 1.165) is 18.4 Å². The number of aromatic amines is 1. The zero-order valence-electron chi connectivity index (χ0n) is 19.9. The molecule has 1 atom stereocenters. The van der Waals surface area contributed by atoms with E-state index in [9.17, 15) is 14.4 Å². The molecule has 2 aliphatic heterocycles. The Morgan fingerprint density at radius 1 is 1.14 bits per heavy atom. The molecule has 0 saturated carbocycles. The summed E-state index contributed by atoms with van der Waals surface area (Å²) in [5.74, 6) is -0.962. The van der Waals surface area contributed by atoms with Crippen molar-refractivity contribution >= 4 is 46.3 Å². The molecule has 4 heterocycles. The Balaban J connectivity index is 1.70.